The lowest BCUT2D eigenvalue weighted by atomic mass is 10.0. The number of nitrogens with one attached hydrogen (secondary N) is 2. The molecular weight excluding hydrogens is 735 g/mol. The van der Waals surface area contributed by atoms with Gasteiger partial charge in [0.05, 0.1) is 30.7 Å². The first-order chi connectivity index (χ1) is 25.9. The van der Waals surface area contributed by atoms with E-state index in [0.29, 0.717) is 71.2 Å². The molecule has 3 aromatic heterocycles. The molecule has 15 heteroatoms. The van der Waals surface area contributed by atoms with Crippen molar-refractivity contribution in [3.63, 3.8) is 0 Å². The maximum absolute atomic E-state index is 14.0. The zero-order valence-electron chi connectivity index (χ0n) is 29.9. The van der Waals surface area contributed by atoms with Crippen LogP contribution in [0.4, 0.5) is 24.7 Å². The summed E-state index contributed by atoms with van der Waals surface area (Å²) >= 11 is 1.05. The average molecular weight is 776 g/mol. The molecule has 2 N–H and O–H groups in total. The largest absolute Gasteiger partial charge is 0.393 e. The van der Waals surface area contributed by atoms with E-state index in [0.717, 1.165) is 65.8 Å². The van der Waals surface area contributed by atoms with Crippen LogP contribution in [0.25, 0.3) is 21.1 Å². The van der Waals surface area contributed by atoms with Gasteiger partial charge in [0.2, 0.25) is 5.91 Å². The fraction of sp³-hybridized carbons (Fsp3) is 0.385. The molecule has 5 heterocycles. The van der Waals surface area contributed by atoms with Crippen molar-refractivity contribution in [3.05, 3.63) is 88.7 Å². The van der Waals surface area contributed by atoms with Gasteiger partial charge in [-0.3, -0.25) is 9.69 Å². The molecule has 2 aliphatic heterocycles. The molecule has 5 aromatic rings. The Balaban J connectivity index is 1.02. The summed E-state index contributed by atoms with van der Waals surface area (Å²) < 4.78 is 60.5. The lowest BCUT2D eigenvalue weighted by Gasteiger charge is -2.33. The molecule has 10 nitrogen and oxygen atoms in total. The SMILES string of the molecule is C=CC(=O)Nc1ccc(CCn2c(C#N)cc3c(C)c(CN4CCC(Nc5ncnc6sc(CC(F)(F)F)cc56)CC4)ccc32)cc1P1(=O)CCOCC1. The van der Waals surface area contributed by atoms with Crippen LogP contribution in [0.15, 0.2) is 61.4 Å². The second-order valence-electron chi connectivity index (χ2n) is 14.0. The minimum absolute atomic E-state index is 0.136. The number of aryl methyl sites for hydroxylation is 3. The van der Waals surface area contributed by atoms with Gasteiger partial charge in [-0.25, -0.2) is 9.97 Å². The minimum Gasteiger partial charge on any atom is -0.380 e. The fourth-order valence-electron chi connectivity index (χ4n) is 7.48. The van der Waals surface area contributed by atoms with Gasteiger partial charge in [0.1, 0.15) is 35.9 Å². The number of halogens is 3. The number of carbonyl (C=O) groups is 1. The van der Waals surface area contributed by atoms with Crippen molar-refractivity contribution in [1.82, 2.24) is 19.4 Å². The molecule has 54 heavy (non-hydrogen) atoms. The predicted octanol–water partition coefficient (Wildman–Crippen LogP) is 7.39. The van der Waals surface area contributed by atoms with Crippen molar-refractivity contribution in [2.24, 2.45) is 0 Å². The van der Waals surface area contributed by atoms with Crippen LogP contribution in [0, 0.1) is 18.3 Å². The van der Waals surface area contributed by atoms with Gasteiger partial charge in [-0.15, -0.1) is 11.3 Å². The Labute approximate surface area is 315 Å². The molecule has 0 unspecified atom stereocenters. The summed E-state index contributed by atoms with van der Waals surface area (Å²) in [6.07, 6.45) is 0.496. The molecular formula is C39H41F3N7O3PS. The standard InChI is InChI=1S/C39H41F3N7O3PS/c1-3-36(50)47-33-6-4-26(18-35(33)53(51)16-14-52-15-17-53)8-13-49-29(22-43)19-31-25(2)27(5-7-34(31)49)23-48-11-9-28(10-12-48)46-37-32-20-30(21-39(40,41)42)54-38(32)45-24-44-37/h3-7,18-20,24,28H,1,8-17,21,23H2,2H3,(H,47,50)(H,44,45,46). The molecule has 0 saturated carbocycles. The summed E-state index contributed by atoms with van der Waals surface area (Å²) in [5.41, 5.74) is 5.36. The van der Waals surface area contributed by atoms with E-state index in [2.05, 4.69) is 57.2 Å². The first-order valence-corrected chi connectivity index (χ1v) is 20.9. The highest BCUT2D eigenvalue weighted by Gasteiger charge is 2.31. The number of likely N-dealkylation sites (tertiary alicyclic amines) is 1. The number of hydrogen-bond donors (Lipinski definition) is 2. The molecule has 2 fully saturated rings. The van der Waals surface area contributed by atoms with Crippen molar-refractivity contribution < 1.29 is 27.3 Å². The van der Waals surface area contributed by atoms with Crippen LogP contribution in [0.2, 0.25) is 0 Å². The van der Waals surface area contributed by atoms with Crippen LogP contribution >= 0.6 is 18.5 Å². The van der Waals surface area contributed by atoms with Crippen molar-refractivity contribution >= 4 is 62.3 Å². The number of ether oxygens (including phenoxy) is 1. The number of thiophene rings is 1. The Hall–Kier alpha value is -4.54. The number of fused-ring (bicyclic) bond motifs is 2. The number of nitrogens with zero attached hydrogens (tertiary/aromatic N) is 5. The first-order valence-electron chi connectivity index (χ1n) is 18.0. The van der Waals surface area contributed by atoms with E-state index >= 15 is 0 Å². The summed E-state index contributed by atoms with van der Waals surface area (Å²) in [4.78, 5) is 23.9. The van der Waals surface area contributed by atoms with Crippen LogP contribution in [0.1, 0.15) is 40.1 Å². The van der Waals surface area contributed by atoms with Gasteiger partial charge in [0, 0.05) is 65.6 Å². The van der Waals surface area contributed by atoms with Gasteiger partial charge in [0.25, 0.3) is 0 Å². The summed E-state index contributed by atoms with van der Waals surface area (Å²) in [7, 11) is -2.77. The van der Waals surface area contributed by atoms with Crippen LogP contribution in [0.3, 0.4) is 0 Å². The Morgan fingerprint density at radius 3 is 2.63 bits per heavy atom. The van der Waals surface area contributed by atoms with Crippen LogP contribution in [-0.4, -0.2) is 76.2 Å². The molecule has 2 aromatic carbocycles. The fourth-order valence-corrected chi connectivity index (χ4v) is 11.0. The smallest absolute Gasteiger partial charge is 0.380 e. The molecule has 1 amide bonds. The molecule has 2 aliphatic rings. The van der Waals surface area contributed by atoms with Crippen molar-refractivity contribution in [3.8, 4) is 6.07 Å². The maximum Gasteiger partial charge on any atom is 0.393 e. The molecule has 0 atom stereocenters. The molecule has 0 bridgehead atoms. The number of piperidine rings is 1. The van der Waals surface area contributed by atoms with Gasteiger partial charge < -0.3 is 24.5 Å². The quantitative estimate of drug-likeness (QED) is 0.105. The number of benzene rings is 2. The highest BCUT2D eigenvalue weighted by Crippen LogP contribution is 2.48. The van der Waals surface area contributed by atoms with Crippen molar-refractivity contribution in [2.45, 2.75) is 57.9 Å². The molecule has 2 saturated heterocycles. The second-order valence-corrected chi connectivity index (χ2v) is 18.2. The van der Waals surface area contributed by atoms with Crippen LogP contribution in [-0.2, 0) is 40.0 Å². The third-order valence-electron chi connectivity index (χ3n) is 10.4. The van der Waals surface area contributed by atoms with Gasteiger partial charge >= 0.3 is 6.18 Å². The number of amides is 1. The van der Waals surface area contributed by atoms with E-state index < -0.39 is 19.7 Å². The summed E-state index contributed by atoms with van der Waals surface area (Å²) in [6.45, 7) is 9.45. The van der Waals surface area contributed by atoms with E-state index in [4.69, 9.17) is 4.74 Å². The molecule has 0 radical (unpaired) electrons. The number of aromatic nitrogens is 3. The summed E-state index contributed by atoms with van der Waals surface area (Å²) in [6, 6.07) is 15.9. The topological polar surface area (TPSA) is 125 Å². The number of carbonyl (C=O) groups excluding carboxylic acids is 1. The molecule has 282 valence electrons. The summed E-state index contributed by atoms with van der Waals surface area (Å²) in [5.74, 6) is 0.217. The third-order valence-corrected chi connectivity index (χ3v) is 14.5. The number of alkyl halides is 3. The Kier molecular flexibility index (Phi) is 11.0. The van der Waals surface area contributed by atoms with E-state index in [1.165, 1.54) is 18.0 Å². The molecule has 0 aliphatic carbocycles. The number of anilines is 2. The van der Waals surface area contributed by atoms with Gasteiger partial charge in [-0.2, -0.15) is 18.4 Å². The Morgan fingerprint density at radius 2 is 1.91 bits per heavy atom. The normalized spacial score (nSPS) is 16.7. The third kappa shape index (κ3) is 8.25. The minimum atomic E-state index is -4.28. The lowest BCUT2D eigenvalue weighted by molar-refractivity contribution is -0.126. The number of hydrogen-bond acceptors (Lipinski definition) is 9. The number of rotatable bonds is 11. The zero-order valence-corrected chi connectivity index (χ0v) is 31.6. The monoisotopic (exact) mass is 775 g/mol. The van der Waals surface area contributed by atoms with Crippen molar-refractivity contribution in [2.75, 3.05) is 49.3 Å². The Morgan fingerprint density at radius 1 is 1.13 bits per heavy atom. The number of nitriles is 1. The molecule has 0 spiro atoms. The highest BCUT2D eigenvalue weighted by molar-refractivity contribution is 7.72. The average Bonchev–Trinajstić information content (AvgIpc) is 3.73. The van der Waals surface area contributed by atoms with Crippen LogP contribution in [0.5, 0.6) is 0 Å². The predicted molar refractivity (Wildman–Crippen MR) is 207 cm³/mol. The van der Waals surface area contributed by atoms with E-state index in [1.54, 1.807) is 6.07 Å². The van der Waals surface area contributed by atoms with E-state index in [-0.39, 0.29) is 16.8 Å². The Bertz CT molecular complexity index is 2300. The van der Waals surface area contributed by atoms with Crippen molar-refractivity contribution in [1.29, 1.82) is 5.26 Å². The lowest BCUT2D eigenvalue weighted by Crippen LogP contribution is -2.39. The molecule has 7 rings (SSSR count). The zero-order chi connectivity index (χ0) is 38.0. The maximum atomic E-state index is 14.0. The summed E-state index contributed by atoms with van der Waals surface area (Å²) in [5, 5.41) is 18.7. The van der Waals surface area contributed by atoms with Gasteiger partial charge in [-0.05, 0) is 79.3 Å². The van der Waals surface area contributed by atoms with Crippen LogP contribution < -0.4 is 15.9 Å². The van der Waals surface area contributed by atoms with Gasteiger partial charge in [0.15, 0.2) is 0 Å². The van der Waals surface area contributed by atoms with E-state index in [1.807, 2.05) is 28.8 Å². The van der Waals surface area contributed by atoms with E-state index in [9.17, 15) is 27.8 Å². The second kappa shape index (κ2) is 15.7. The highest BCUT2D eigenvalue weighted by atomic mass is 32.1. The van der Waals surface area contributed by atoms with Gasteiger partial charge in [-0.1, -0.05) is 18.7 Å². The first kappa shape index (κ1) is 37.8.